The molecule has 0 bridgehead atoms. The van der Waals surface area contributed by atoms with Gasteiger partial charge in [0.25, 0.3) is 0 Å². The molecule has 3 aromatic heterocycles. The zero-order chi connectivity index (χ0) is 18.3. The largest absolute Gasteiger partial charge is 0.369 e. The number of fused-ring (bicyclic) bond motifs is 1. The number of imidazole rings is 1. The minimum atomic E-state index is -0.265. The van der Waals surface area contributed by atoms with Gasteiger partial charge in [0.2, 0.25) is 11.9 Å². The van der Waals surface area contributed by atoms with Crippen molar-refractivity contribution in [3.05, 3.63) is 41.3 Å². The van der Waals surface area contributed by atoms with E-state index in [9.17, 15) is 4.79 Å². The van der Waals surface area contributed by atoms with Gasteiger partial charge >= 0.3 is 0 Å². The first-order valence-electron chi connectivity index (χ1n) is 8.54. The van der Waals surface area contributed by atoms with Crippen molar-refractivity contribution >= 4 is 29.1 Å². The van der Waals surface area contributed by atoms with E-state index in [2.05, 4.69) is 9.97 Å². The zero-order valence-electron chi connectivity index (χ0n) is 14.4. The summed E-state index contributed by atoms with van der Waals surface area (Å²) in [5, 5.41) is 0.629. The molecule has 2 N–H and O–H groups in total. The van der Waals surface area contributed by atoms with Crippen LogP contribution in [0, 0.1) is 12.8 Å². The Kier molecular flexibility index (Phi) is 4.24. The number of hydrogen-bond donors (Lipinski definition) is 1. The number of anilines is 1. The van der Waals surface area contributed by atoms with Gasteiger partial charge in [0.05, 0.1) is 28.5 Å². The number of nitrogens with zero attached hydrogens (tertiary/aromatic N) is 5. The normalized spacial score (nSPS) is 17.6. The van der Waals surface area contributed by atoms with E-state index in [-0.39, 0.29) is 11.8 Å². The molecule has 26 heavy (non-hydrogen) atoms. The molecule has 0 aliphatic carbocycles. The first-order valence-corrected chi connectivity index (χ1v) is 8.91. The van der Waals surface area contributed by atoms with Crippen molar-refractivity contribution in [3.63, 3.8) is 0 Å². The summed E-state index contributed by atoms with van der Waals surface area (Å²) >= 11 is 6.14. The maximum atomic E-state index is 11.5. The molecule has 0 saturated carbocycles. The Bertz CT molecular complexity index is 985. The lowest BCUT2D eigenvalue weighted by molar-refractivity contribution is -0.122. The number of amides is 1. The van der Waals surface area contributed by atoms with Crippen molar-refractivity contribution in [1.82, 2.24) is 19.4 Å². The Balaban J connectivity index is 1.74. The minimum Gasteiger partial charge on any atom is -0.369 e. The molecule has 7 nitrogen and oxygen atoms in total. The van der Waals surface area contributed by atoms with Gasteiger partial charge in [-0.1, -0.05) is 11.6 Å². The van der Waals surface area contributed by atoms with Crippen LogP contribution in [-0.2, 0) is 4.79 Å². The van der Waals surface area contributed by atoms with Gasteiger partial charge in [0, 0.05) is 25.5 Å². The summed E-state index contributed by atoms with van der Waals surface area (Å²) < 4.78 is 1.92. The van der Waals surface area contributed by atoms with Crippen LogP contribution in [0.5, 0.6) is 0 Å². The van der Waals surface area contributed by atoms with Crippen molar-refractivity contribution in [2.75, 3.05) is 18.0 Å². The Morgan fingerprint density at radius 2 is 2.15 bits per heavy atom. The fourth-order valence-corrected chi connectivity index (χ4v) is 3.53. The summed E-state index contributed by atoms with van der Waals surface area (Å²) in [5.74, 6) is 0.179. The van der Waals surface area contributed by atoms with E-state index < -0.39 is 0 Å². The molecule has 0 aromatic carbocycles. The molecule has 134 valence electrons. The van der Waals surface area contributed by atoms with Gasteiger partial charge in [-0.25, -0.2) is 15.0 Å². The van der Waals surface area contributed by atoms with Crippen LogP contribution >= 0.6 is 11.6 Å². The third-order valence-corrected chi connectivity index (χ3v) is 5.00. The molecule has 1 aliphatic heterocycles. The van der Waals surface area contributed by atoms with Crippen LogP contribution in [-0.4, -0.2) is 38.3 Å². The summed E-state index contributed by atoms with van der Waals surface area (Å²) in [6, 6.07) is 3.68. The third kappa shape index (κ3) is 2.99. The van der Waals surface area contributed by atoms with E-state index in [0.29, 0.717) is 17.5 Å². The van der Waals surface area contributed by atoms with Gasteiger partial charge in [-0.2, -0.15) is 0 Å². The SMILES string of the molecule is Cc1cnc(N2CCCC(C(N)=O)C2)nc1-c1cnc2ccc(Cl)cn12. The molecule has 4 heterocycles. The number of aromatic nitrogens is 4. The average molecular weight is 371 g/mol. The predicted octanol–water partition coefficient (Wildman–Crippen LogP) is 2.45. The van der Waals surface area contributed by atoms with Gasteiger partial charge in [0.1, 0.15) is 5.65 Å². The fraction of sp³-hybridized carbons (Fsp3) is 0.333. The van der Waals surface area contributed by atoms with E-state index in [1.807, 2.05) is 34.6 Å². The lowest BCUT2D eigenvalue weighted by Gasteiger charge is -2.31. The third-order valence-electron chi connectivity index (χ3n) is 4.78. The lowest BCUT2D eigenvalue weighted by Crippen LogP contribution is -2.42. The van der Waals surface area contributed by atoms with Crippen molar-refractivity contribution in [1.29, 1.82) is 0 Å². The maximum Gasteiger partial charge on any atom is 0.225 e. The molecule has 1 amide bonds. The monoisotopic (exact) mass is 370 g/mol. The number of piperidine rings is 1. The Labute approximate surface area is 155 Å². The molecule has 1 saturated heterocycles. The summed E-state index contributed by atoms with van der Waals surface area (Å²) in [6.45, 7) is 3.33. The molecule has 1 unspecified atom stereocenters. The summed E-state index contributed by atoms with van der Waals surface area (Å²) in [5.41, 5.74) is 8.88. The van der Waals surface area contributed by atoms with Crippen molar-refractivity contribution in [2.24, 2.45) is 11.7 Å². The molecule has 0 spiro atoms. The van der Waals surface area contributed by atoms with E-state index in [4.69, 9.17) is 22.3 Å². The number of aryl methyl sites for hydroxylation is 1. The second-order valence-corrected chi connectivity index (χ2v) is 7.04. The van der Waals surface area contributed by atoms with E-state index >= 15 is 0 Å². The van der Waals surface area contributed by atoms with E-state index in [0.717, 1.165) is 42.0 Å². The van der Waals surface area contributed by atoms with Crippen LogP contribution in [0.2, 0.25) is 5.02 Å². The summed E-state index contributed by atoms with van der Waals surface area (Å²) in [6.07, 6.45) is 7.12. The van der Waals surface area contributed by atoms with Gasteiger partial charge in [-0.05, 0) is 37.5 Å². The van der Waals surface area contributed by atoms with Crippen molar-refractivity contribution < 1.29 is 4.79 Å². The van der Waals surface area contributed by atoms with Crippen LogP contribution < -0.4 is 10.6 Å². The molecule has 1 aliphatic rings. The van der Waals surface area contributed by atoms with E-state index in [1.54, 1.807) is 12.4 Å². The quantitative estimate of drug-likeness (QED) is 0.764. The average Bonchev–Trinajstić information content (AvgIpc) is 3.05. The first-order chi connectivity index (χ1) is 12.5. The number of primary amides is 1. The molecule has 1 fully saturated rings. The number of nitrogens with two attached hydrogens (primary N) is 1. The lowest BCUT2D eigenvalue weighted by atomic mass is 9.98. The number of pyridine rings is 1. The van der Waals surface area contributed by atoms with Crippen LogP contribution in [0.15, 0.2) is 30.7 Å². The Morgan fingerprint density at radius 1 is 1.31 bits per heavy atom. The van der Waals surface area contributed by atoms with E-state index in [1.165, 1.54) is 0 Å². The highest BCUT2D eigenvalue weighted by Crippen LogP contribution is 2.27. The van der Waals surface area contributed by atoms with Crippen molar-refractivity contribution in [3.8, 4) is 11.4 Å². The smallest absolute Gasteiger partial charge is 0.225 e. The Hall–Kier alpha value is -2.67. The number of halogens is 1. The second kappa shape index (κ2) is 6.57. The summed E-state index contributed by atoms with van der Waals surface area (Å²) in [7, 11) is 0. The zero-order valence-corrected chi connectivity index (χ0v) is 15.1. The molecule has 4 rings (SSSR count). The first kappa shape index (κ1) is 16.8. The number of hydrogen-bond acceptors (Lipinski definition) is 5. The fourth-order valence-electron chi connectivity index (χ4n) is 3.37. The highest BCUT2D eigenvalue weighted by Gasteiger charge is 2.26. The van der Waals surface area contributed by atoms with Crippen LogP contribution in [0.4, 0.5) is 5.95 Å². The highest BCUT2D eigenvalue weighted by molar-refractivity contribution is 6.30. The van der Waals surface area contributed by atoms with Gasteiger partial charge in [0.15, 0.2) is 0 Å². The number of rotatable bonds is 3. The molecule has 0 radical (unpaired) electrons. The predicted molar refractivity (Wildman–Crippen MR) is 100 cm³/mol. The Morgan fingerprint density at radius 3 is 2.96 bits per heavy atom. The summed E-state index contributed by atoms with van der Waals surface area (Å²) in [4.78, 5) is 27.2. The van der Waals surface area contributed by atoms with Crippen molar-refractivity contribution in [2.45, 2.75) is 19.8 Å². The topological polar surface area (TPSA) is 89.4 Å². The minimum absolute atomic E-state index is 0.160. The molecular formula is C18H19ClN6O. The molecule has 8 heteroatoms. The second-order valence-electron chi connectivity index (χ2n) is 6.61. The standard InChI is InChI=1S/C18H19ClN6O/c1-11-7-22-18(24-6-2-3-12(9-24)17(20)26)23-16(11)14-8-21-15-5-4-13(19)10-25(14)15/h4-5,7-8,10,12H,2-3,6,9H2,1H3,(H2,20,26). The number of carbonyl (C=O) groups excluding carboxylic acids is 1. The van der Waals surface area contributed by atoms with Crippen LogP contribution in [0.1, 0.15) is 18.4 Å². The molecular weight excluding hydrogens is 352 g/mol. The van der Waals surface area contributed by atoms with Crippen LogP contribution in [0.25, 0.3) is 17.0 Å². The van der Waals surface area contributed by atoms with Gasteiger partial charge in [-0.15, -0.1) is 0 Å². The molecule has 3 aromatic rings. The van der Waals surface area contributed by atoms with Crippen LogP contribution in [0.3, 0.4) is 0 Å². The maximum absolute atomic E-state index is 11.5. The van der Waals surface area contributed by atoms with Gasteiger partial charge < -0.3 is 10.6 Å². The molecule has 1 atom stereocenters. The van der Waals surface area contributed by atoms with Gasteiger partial charge in [-0.3, -0.25) is 9.20 Å². The number of carbonyl (C=O) groups is 1. The highest BCUT2D eigenvalue weighted by atomic mass is 35.5.